The van der Waals surface area contributed by atoms with Crippen molar-refractivity contribution < 1.29 is 9.53 Å². The Morgan fingerprint density at radius 1 is 1.03 bits per heavy atom. The number of benzene rings is 2. The molecule has 0 radical (unpaired) electrons. The van der Waals surface area contributed by atoms with Crippen LogP contribution in [0.25, 0.3) is 0 Å². The van der Waals surface area contributed by atoms with Gasteiger partial charge < -0.3 is 15.4 Å². The van der Waals surface area contributed by atoms with Gasteiger partial charge in [0.15, 0.2) is 0 Å². The quantitative estimate of drug-likeness (QED) is 0.680. The molecule has 1 heterocycles. The first kappa shape index (κ1) is 21.3. The summed E-state index contributed by atoms with van der Waals surface area (Å²) in [7, 11) is 0. The summed E-state index contributed by atoms with van der Waals surface area (Å²) in [6, 6.07) is 20.7. The Hall–Kier alpha value is -2.37. The molecule has 5 heteroatoms. The number of anilines is 1. The molecular weight excluding hydrogens is 362 g/mol. The van der Waals surface area contributed by atoms with Gasteiger partial charge in [0, 0.05) is 31.9 Å². The number of morpholine rings is 1. The van der Waals surface area contributed by atoms with Crippen LogP contribution < -0.4 is 10.6 Å². The summed E-state index contributed by atoms with van der Waals surface area (Å²) >= 11 is 0. The van der Waals surface area contributed by atoms with Crippen molar-refractivity contribution in [2.45, 2.75) is 26.3 Å². The van der Waals surface area contributed by atoms with Crippen LogP contribution in [-0.4, -0.2) is 50.2 Å². The number of rotatable bonds is 9. The first-order valence-corrected chi connectivity index (χ1v) is 10.5. The van der Waals surface area contributed by atoms with Gasteiger partial charge in [-0.25, -0.2) is 0 Å². The highest BCUT2D eigenvalue weighted by Gasteiger charge is 2.30. The molecule has 0 bridgehead atoms. The maximum absolute atomic E-state index is 12.8. The van der Waals surface area contributed by atoms with Crippen molar-refractivity contribution in [1.29, 1.82) is 0 Å². The Balaban J connectivity index is 1.55. The number of amides is 1. The molecule has 3 rings (SSSR count). The first-order valence-electron chi connectivity index (χ1n) is 10.5. The number of para-hydroxylation sites is 1. The maximum atomic E-state index is 12.8. The van der Waals surface area contributed by atoms with E-state index in [1.165, 1.54) is 5.56 Å². The van der Waals surface area contributed by atoms with Gasteiger partial charge in [-0.05, 0) is 38.0 Å². The van der Waals surface area contributed by atoms with E-state index in [0.717, 1.165) is 45.0 Å². The molecule has 1 amide bonds. The molecule has 0 spiro atoms. The second-order valence-corrected chi connectivity index (χ2v) is 8.29. The van der Waals surface area contributed by atoms with Crippen LogP contribution in [-0.2, 0) is 9.53 Å². The molecule has 1 fully saturated rings. The van der Waals surface area contributed by atoms with Gasteiger partial charge in [0.25, 0.3) is 0 Å². The number of nitrogens with one attached hydrogen (secondary N) is 2. The van der Waals surface area contributed by atoms with Crippen molar-refractivity contribution in [2.24, 2.45) is 5.41 Å². The van der Waals surface area contributed by atoms with Gasteiger partial charge in [-0.3, -0.25) is 9.69 Å². The highest BCUT2D eigenvalue weighted by Crippen LogP contribution is 2.23. The van der Waals surface area contributed by atoms with Gasteiger partial charge in [0.05, 0.1) is 24.7 Å². The molecule has 29 heavy (non-hydrogen) atoms. The predicted octanol–water partition coefficient (Wildman–Crippen LogP) is 3.70. The van der Waals surface area contributed by atoms with Crippen LogP contribution in [0.1, 0.15) is 31.9 Å². The molecule has 0 aliphatic carbocycles. The SMILES string of the molecule is CC(C)(CN1CCOCC1)C(=O)NCCC(Nc1ccccc1)c1ccccc1. The third kappa shape index (κ3) is 6.58. The molecule has 5 nitrogen and oxygen atoms in total. The van der Waals surface area contributed by atoms with Crippen LogP contribution in [0.15, 0.2) is 60.7 Å². The van der Waals surface area contributed by atoms with E-state index in [9.17, 15) is 4.79 Å². The number of nitrogens with zero attached hydrogens (tertiary/aromatic N) is 1. The summed E-state index contributed by atoms with van der Waals surface area (Å²) in [6.45, 7) is 8.73. The fourth-order valence-corrected chi connectivity index (χ4v) is 3.70. The smallest absolute Gasteiger partial charge is 0.226 e. The fraction of sp³-hybridized carbons (Fsp3) is 0.458. The minimum atomic E-state index is -0.424. The second kappa shape index (κ2) is 10.4. The Kier molecular flexibility index (Phi) is 7.67. The summed E-state index contributed by atoms with van der Waals surface area (Å²) in [5, 5.41) is 6.76. The van der Waals surface area contributed by atoms with Crippen molar-refractivity contribution in [3.63, 3.8) is 0 Å². The molecule has 1 aliphatic heterocycles. The van der Waals surface area contributed by atoms with E-state index in [-0.39, 0.29) is 11.9 Å². The van der Waals surface area contributed by atoms with Gasteiger partial charge in [0.1, 0.15) is 0 Å². The predicted molar refractivity (Wildman–Crippen MR) is 118 cm³/mol. The monoisotopic (exact) mass is 395 g/mol. The molecule has 1 aliphatic rings. The zero-order valence-electron chi connectivity index (χ0n) is 17.6. The normalized spacial score (nSPS) is 16.2. The minimum absolute atomic E-state index is 0.107. The second-order valence-electron chi connectivity index (χ2n) is 8.29. The molecule has 2 aromatic carbocycles. The third-order valence-electron chi connectivity index (χ3n) is 5.37. The number of ether oxygens (including phenoxy) is 1. The van der Waals surface area contributed by atoms with Crippen molar-refractivity contribution in [2.75, 3.05) is 44.7 Å². The Morgan fingerprint density at radius 3 is 2.31 bits per heavy atom. The van der Waals surface area contributed by atoms with Gasteiger partial charge >= 0.3 is 0 Å². The standard InChI is InChI=1S/C24H33N3O2/c1-24(2,19-27-15-17-29-18-16-27)23(28)25-14-13-22(20-9-5-3-6-10-20)26-21-11-7-4-8-12-21/h3-12,22,26H,13-19H2,1-2H3,(H,25,28). The maximum Gasteiger partial charge on any atom is 0.226 e. The average molecular weight is 396 g/mol. The number of hydrogen-bond donors (Lipinski definition) is 2. The summed E-state index contributed by atoms with van der Waals surface area (Å²) < 4.78 is 5.41. The van der Waals surface area contributed by atoms with E-state index in [0.29, 0.717) is 6.54 Å². The van der Waals surface area contributed by atoms with Crippen LogP contribution in [0.5, 0.6) is 0 Å². The lowest BCUT2D eigenvalue weighted by Gasteiger charge is -2.34. The van der Waals surface area contributed by atoms with Gasteiger partial charge in [-0.15, -0.1) is 0 Å². The summed E-state index contributed by atoms with van der Waals surface area (Å²) in [4.78, 5) is 15.1. The van der Waals surface area contributed by atoms with E-state index >= 15 is 0 Å². The van der Waals surface area contributed by atoms with Gasteiger partial charge in [0.2, 0.25) is 5.91 Å². The highest BCUT2D eigenvalue weighted by atomic mass is 16.5. The number of hydrogen-bond acceptors (Lipinski definition) is 4. The molecule has 0 saturated carbocycles. The van der Waals surface area contributed by atoms with Crippen LogP contribution in [0.3, 0.4) is 0 Å². The van der Waals surface area contributed by atoms with Crippen molar-refractivity contribution in [3.05, 3.63) is 66.2 Å². The molecule has 1 atom stereocenters. The zero-order valence-corrected chi connectivity index (χ0v) is 17.6. The molecule has 0 aromatic heterocycles. The van der Waals surface area contributed by atoms with E-state index in [4.69, 9.17) is 4.74 Å². The lowest BCUT2D eigenvalue weighted by Crippen LogP contribution is -2.48. The molecular formula is C24H33N3O2. The fourth-order valence-electron chi connectivity index (χ4n) is 3.70. The van der Waals surface area contributed by atoms with Crippen LogP contribution in [0, 0.1) is 5.41 Å². The van der Waals surface area contributed by atoms with Crippen LogP contribution in [0.4, 0.5) is 5.69 Å². The van der Waals surface area contributed by atoms with Gasteiger partial charge in [-0.2, -0.15) is 0 Å². The molecule has 2 aromatic rings. The molecule has 2 N–H and O–H groups in total. The third-order valence-corrected chi connectivity index (χ3v) is 5.37. The topological polar surface area (TPSA) is 53.6 Å². The van der Waals surface area contributed by atoms with E-state index in [1.54, 1.807) is 0 Å². The van der Waals surface area contributed by atoms with Crippen molar-refractivity contribution >= 4 is 11.6 Å². The summed E-state index contributed by atoms with van der Waals surface area (Å²) in [5.74, 6) is 0.107. The largest absolute Gasteiger partial charge is 0.379 e. The average Bonchev–Trinajstić information content (AvgIpc) is 2.74. The van der Waals surface area contributed by atoms with E-state index in [2.05, 4.69) is 51.9 Å². The van der Waals surface area contributed by atoms with Crippen LogP contribution >= 0.6 is 0 Å². The van der Waals surface area contributed by atoms with Gasteiger partial charge in [-0.1, -0.05) is 48.5 Å². The Bertz CT molecular complexity index is 743. The molecule has 1 unspecified atom stereocenters. The van der Waals surface area contributed by atoms with Crippen LogP contribution in [0.2, 0.25) is 0 Å². The summed E-state index contributed by atoms with van der Waals surface area (Å²) in [5.41, 5.74) is 1.88. The molecule has 1 saturated heterocycles. The van der Waals surface area contributed by atoms with E-state index < -0.39 is 5.41 Å². The van der Waals surface area contributed by atoms with E-state index in [1.807, 2.05) is 38.1 Å². The number of carbonyl (C=O) groups is 1. The Labute approximate surface area is 174 Å². The first-order chi connectivity index (χ1) is 14.0. The van der Waals surface area contributed by atoms with Crippen molar-refractivity contribution in [3.8, 4) is 0 Å². The van der Waals surface area contributed by atoms with Crippen molar-refractivity contribution in [1.82, 2.24) is 10.2 Å². The zero-order chi connectivity index (χ0) is 20.5. The Morgan fingerprint density at radius 2 is 1.66 bits per heavy atom. The lowest BCUT2D eigenvalue weighted by atomic mass is 9.91. The highest BCUT2D eigenvalue weighted by molar-refractivity contribution is 5.82. The lowest BCUT2D eigenvalue weighted by molar-refractivity contribution is -0.131. The molecule has 156 valence electrons. The minimum Gasteiger partial charge on any atom is -0.379 e. The number of carbonyl (C=O) groups excluding carboxylic acids is 1. The summed E-state index contributed by atoms with van der Waals surface area (Å²) in [6.07, 6.45) is 0.818.